The molecule has 0 saturated heterocycles. The summed E-state index contributed by atoms with van der Waals surface area (Å²) < 4.78 is 25.6. The molecule has 0 amide bonds. The number of aromatic nitrogens is 2. The lowest BCUT2D eigenvalue weighted by Crippen LogP contribution is -2.39. The Bertz CT molecular complexity index is 1020. The van der Waals surface area contributed by atoms with Crippen LogP contribution in [0.25, 0.3) is 22.6 Å². The van der Waals surface area contributed by atoms with Gasteiger partial charge in [0.2, 0.25) is 0 Å². The second-order valence-corrected chi connectivity index (χ2v) is 8.96. The fraction of sp³-hybridized carbons (Fsp3) is 0.200. The number of halogens is 1. The van der Waals surface area contributed by atoms with Gasteiger partial charge in [-0.1, -0.05) is 46.1 Å². The topological polar surface area (TPSA) is 69.2 Å². The van der Waals surface area contributed by atoms with Crippen LogP contribution in [-0.2, 0) is 27.6 Å². The third-order valence-corrected chi connectivity index (χ3v) is 6.15. The van der Waals surface area contributed by atoms with Crippen LogP contribution in [0, 0.1) is 0 Å². The van der Waals surface area contributed by atoms with E-state index in [0.29, 0.717) is 30.4 Å². The highest BCUT2D eigenvalue weighted by Crippen LogP contribution is 2.32. The zero-order valence-corrected chi connectivity index (χ0v) is 16.3. The van der Waals surface area contributed by atoms with E-state index >= 15 is 0 Å². The van der Waals surface area contributed by atoms with E-state index in [0.717, 1.165) is 28.1 Å². The molecule has 27 heavy (non-hydrogen) atoms. The molecule has 1 aliphatic rings. The van der Waals surface area contributed by atoms with Crippen LogP contribution in [0.1, 0.15) is 11.3 Å². The number of sulfonamides is 1. The lowest BCUT2D eigenvalue weighted by molar-refractivity contribution is 0.342. The molecule has 0 fully saturated rings. The Morgan fingerprint density at radius 1 is 1.04 bits per heavy atom. The largest absolute Gasteiger partial charge is 0.598 e. The maximum Gasteiger partial charge on any atom is 0.160 e. The van der Waals surface area contributed by atoms with Crippen LogP contribution in [0.15, 0.2) is 54.6 Å². The van der Waals surface area contributed by atoms with E-state index in [1.165, 1.54) is 10.6 Å². The van der Waals surface area contributed by atoms with Gasteiger partial charge in [-0.05, 0) is 24.3 Å². The third kappa shape index (κ3) is 3.80. The molecule has 5 nitrogen and oxygen atoms in total. The molecule has 4 rings (SSSR count). The smallest absolute Gasteiger partial charge is 0.160 e. The lowest BCUT2D eigenvalue weighted by Gasteiger charge is -2.30. The molecule has 0 radical (unpaired) electrons. The Balaban J connectivity index is 1.87. The van der Waals surface area contributed by atoms with E-state index in [1.807, 2.05) is 54.6 Å². The highest BCUT2D eigenvalue weighted by Gasteiger charge is 2.30. The first kappa shape index (κ1) is 18.3. The van der Waals surface area contributed by atoms with Crippen molar-refractivity contribution >= 4 is 22.0 Å². The average molecular weight is 400 g/mol. The molecule has 0 N–H and O–H groups in total. The molecule has 1 atom stereocenters. The zero-order chi connectivity index (χ0) is 19.0. The number of hydrogen-bond donors (Lipinski definition) is 0. The minimum absolute atomic E-state index is 0.291. The summed E-state index contributed by atoms with van der Waals surface area (Å²) in [7, 11) is -3.27. The summed E-state index contributed by atoms with van der Waals surface area (Å²) in [5.74, 6) is 0.622. The first-order valence-electron chi connectivity index (χ1n) is 8.58. The summed E-state index contributed by atoms with van der Waals surface area (Å²) in [6.45, 7) is 0.719. The van der Waals surface area contributed by atoms with Gasteiger partial charge in [0.05, 0.1) is 17.9 Å². The van der Waals surface area contributed by atoms with E-state index in [2.05, 4.69) is 0 Å². The maximum absolute atomic E-state index is 12.0. The van der Waals surface area contributed by atoms with Gasteiger partial charge in [0, 0.05) is 34.7 Å². The van der Waals surface area contributed by atoms with E-state index in [1.54, 1.807) is 0 Å². The van der Waals surface area contributed by atoms with Crippen molar-refractivity contribution in [1.29, 1.82) is 0 Å². The highest BCUT2D eigenvalue weighted by molar-refractivity contribution is 7.94. The van der Waals surface area contributed by atoms with Crippen molar-refractivity contribution in [3.05, 3.63) is 70.9 Å². The number of rotatable bonds is 3. The molecule has 0 bridgehead atoms. The summed E-state index contributed by atoms with van der Waals surface area (Å²) in [6.07, 6.45) is 1.80. The zero-order valence-electron chi connectivity index (χ0n) is 14.8. The first-order chi connectivity index (χ1) is 12.9. The fourth-order valence-electron chi connectivity index (χ4n) is 3.24. The number of fused-ring (bicyclic) bond motifs is 1. The van der Waals surface area contributed by atoms with Crippen LogP contribution in [0.5, 0.6) is 0 Å². The molecule has 0 aliphatic carbocycles. The molecule has 1 aromatic heterocycles. The standard InChI is InChI=1S/C20H18ClN3O2S/c1-27(25,26)24-12-11-18-17(13-24)19(14-5-3-2-4-6-14)23-20(22-18)15-7-9-16(21)10-8-15/h2-10H,11-13H2,1H3. The van der Waals surface area contributed by atoms with E-state index in [-0.39, 0.29) is 0 Å². The SMILES string of the molecule is C[S+](=O)([O-])N1CCc2nc(-c3ccc(Cl)cc3)nc(-c3ccccc3)c2C1. The normalized spacial score (nSPS) is 16.6. The predicted molar refractivity (Wildman–Crippen MR) is 107 cm³/mol. The number of hydrogen-bond acceptors (Lipinski definition) is 4. The Labute approximate surface area is 164 Å². The van der Waals surface area contributed by atoms with Crippen LogP contribution in [0.3, 0.4) is 0 Å². The molecule has 7 heteroatoms. The van der Waals surface area contributed by atoms with Crippen molar-refractivity contribution in [1.82, 2.24) is 14.3 Å². The molecule has 0 saturated carbocycles. The van der Waals surface area contributed by atoms with Crippen molar-refractivity contribution in [3.8, 4) is 22.6 Å². The van der Waals surface area contributed by atoms with E-state index < -0.39 is 10.4 Å². The monoisotopic (exact) mass is 399 g/mol. The van der Waals surface area contributed by atoms with E-state index in [9.17, 15) is 8.76 Å². The summed E-state index contributed by atoms with van der Waals surface area (Å²) in [6, 6.07) is 17.2. The molecule has 1 aliphatic heterocycles. The summed E-state index contributed by atoms with van der Waals surface area (Å²) in [5.41, 5.74) is 4.37. The second kappa shape index (κ2) is 7.13. The highest BCUT2D eigenvalue weighted by atomic mass is 35.5. The maximum atomic E-state index is 12.0. The quantitative estimate of drug-likeness (QED) is 0.624. The van der Waals surface area contributed by atoms with Crippen LogP contribution in [0.2, 0.25) is 5.02 Å². The fourth-order valence-corrected chi connectivity index (χ4v) is 4.15. The minimum Gasteiger partial charge on any atom is -0.598 e. The van der Waals surface area contributed by atoms with Crippen molar-refractivity contribution in [3.63, 3.8) is 0 Å². The molecule has 3 aromatic rings. The van der Waals surface area contributed by atoms with Gasteiger partial charge in [-0.3, -0.25) is 0 Å². The minimum atomic E-state index is -3.27. The van der Waals surface area contributed by atoms with Gasteiger partial charge < -0.3 is 4.55 Å². The molecular weight excluding hydrogens is 382 g/mol. The lowest BCUT2D eigenvalue weighted by atomic mass is 9.99. The molecule has 1 unspecified atom stereocenters. The Morgan fingerprint density at radius 3 is 2.41 bits per heavy atom. The summed E-state index contributed by atoms with van der Waals surface area (Å²) in [4.78, 5) is 9.54. The van der Waals surface area contributed by atoms with Crippen LogP contribution < -0.4 is 0 Å². The Kier molecular flexibility index (Phi) is 4.82. The van der Waals surface area contributed by atoms with Gasteiger partial charge in [0.15, 0.2) is 5.82 Å². The first-order valence-corrected chi connectivity index (χ1v) is 10.8. The summed E-state index contributed by atoms with van der Waals surface area (Å²) >= 11 is 6.00. The van der Waals surface area contributed by atoms with E-state index in [4.69, 9.17) is 21.6 Å². The van der Waals surface area contributed by atoms with Crippen LogP contribution in [0.4, 0.5) is 0 Å². The summed E-state index contributed by atoms with van der Waals surface area (Å²) in [5, 5.41) is 0.656. The third-order valence-electron chi connectivity index (χ3n) is 4.64. The van der Waals surface area contributed by atoms with Crippen LogP contribution >= 0.6 is 11.6 Å². The van der Waals surface area contributed by atoms with Crippen molar-refractivity contribution in [2.75, 3.05) is 12.8 Å². The van der Waals surface area contributed by atoms with Gasteiger partial charge in [-0.25, -0.2) is 9.97 Å². The second-order valence-electron chi connectivity index (χ2n) is 6.54. The van der Waals surface area contributed by atoms with Gasteiger partial charge in [0.1, 0.15) is 16.7 Å². The Morgan fingerprint density at radius 2 is 1.74 bits per heavy atom. The number of benzene rings is 2. The van der Waals surface area contributed by atoms with Crippen molar-refractivity contribution in [2.45, 2.75) is 13.0 Å². The predicted octanol–water partition coefficient (Wildman–Crippen LogP) is 4.00. The van der Waals surface area contributed by atoms with Crippen LogP contribution in [-0.4, -0.2) is 31.6 Å². The number of nitrogens with zero attached hydrogens (tertiary/aromatic N) is 3. The van der Waals surface area contributed by atoms with Gasteiger partial charge in [-0.15, -0.1) is 4.31 Å². The van der Waals surface area contributed by atoms with Gasteiger partial charge >= 0.3 is 0 Å². The van der Waals surface area contributed by atoms with Crippen molar-refractivity contribution < 1.29 is 8.76 Å². The average Bonchev–Trinajstić information content (AvgIpc) is 2.67. The molecule has 138 valence electrons. The van der Waals surface area contributed by atoms with Crippen molar-refractivity contribution in [2.24, 2.45) is 0 Å². The molecule has 2 heterocycles. The van der Waals surface area contributed by atoms with Gasteiger partial charge in [0.25, 0.3) is 0 Å². The molecule has 2 aromatic carbocycles. The molecular formula is C20H18ClN3O2S. The Hall–Kier alpha value is -2.12. The van der Waals surface area contributed by atoms with Gasteiger partial charge in [-0.2, -0.15) is 0 Å². The molecule has 0 spiro atoms.